The predicted molar refractivity (Wildman–Crippen MR) is 72.7 cm³/mol. The molecule has 0 spiro atoms. The van der Waals surface area contributed by atoms with E-state index in [1.165, 1.54) is 4.68 Å². The SMILES string of the molecule is N=C(N)n1nc(-c2ccc(Br)s2)c2c1NCC2. The average molecular weight is 312 g/mol. The number of fused-ring (bicyclic) bond motifs is 1. The summed E-state index contributed by atoms with van der Waals surface area (Å²) in [6.07, 6.45) is 0.924. The summed E-state index contributed by atoms with van der Waals surface area (Å²) in [5.74, 6) is 0.801. The van der Waals surface area contributed by atoms with Crippen LogP contribution < -0.4 is 11.1 Å². The number of aromatic nitrogens is 2. The summed E-state index contributed by atoms with van der Waals surface area (Å²) in [7, 11) is 0. The molecular weight excluding hydrogens is 302 g/mol. The maximum Gasteiger partial charge on any atom is 0.215 e. The van der Waals surface area contributed by atoms with Gasteiger partial charge in [0, 0.05) is 12.1 Å². The van der Waals surface area contributed by atoms with Gasteiger partial charge in [-0.25, -0.2) is 0 Å². The first-order valence-electron chi connectivity index (χ1n) is 5.12. The van der Waals surface area contributed by atoms with E-state index in [1.54, 1.807) is 11.3 Å². The molecule has 0 radical (unpaired) electrons. The molecule has 2 aromatic heterocycles. The number of rotatable bonds is 1. The molecule has 0 atom stereocenters. The second kappa shape index (κ2) is 3.85. The van der Waals surface area contributed by atoms with Crippen molar-refractivity contribution in [2.45, 2.75) is 6.42 Å². The number of hydrogen-bond acceptors (Lipinski definition) is 4. The molecule has 0 aliphatic carbocycles. The summed E-state index contributed by atoms with van der Waals surface area (Å²) < 4.78 is 2.54. The van der Waals surface area contributed by atoms with Crippen LogP contribution in [0.5, 0.6) is 0 Å². The fourth-order valence-electron chi connectivity index (χ4n) is 1.99. The van der Waals surface area contributed by atoms with Gasteiger partial charge in [-0.1, -0.05) is 0 Å². The fourth-order valence-corrected chi connectivity index (χ4v) is 3.39. The van der Waals surface area contributed by atoms with Crippen molar-refractivity contribution in [1.29, 1.82) is 5.41 Å². The lowest BCUT2D eigenvalue weighted by atomic mass is 10.2. The van der Waals surface area contributed by atoms with E-state index in [2.05, 4.69) is 26.3 Å². The van der Waals surface area contributed by atoms with E-state index >= 15 is 0 Å². The number of anilines is 1. The Labute approximate surface area is 110 Å². The summed E-state index contributed by atoms with van der Waals surface area (Å²) in [6, 6.07) is 4.03. The van der Waals surface area contributed by atoms with Crippen molar-refractivity contribution in [3.8, 4) is 10.6 Å². The molecule has 0 amide bonds. The van der Waals surface area contributed by atoms with E-state index < -0.39 is 0 Å². The highest BCUT2D eigenvalue weighted by atomic mass is 79.9. The largest absolute Gasteiger partial charge is 0.369 e. The Bertz CT molecular complexity index is 600. The maximum atomic E-state index is 7.52. The summed E-state index contributed by atoms with van der Waals surface area (Å²) in [6.45, 7) is 0.875. The maximum absolute atomic E-state index is 7.52. The number of halogens is 1. The smallest absolute Gasteiger partial charge is 0.215 e. The molecule has 17 heavy (non-hydrogen) atoms. The van der Waals surface area contributed by atoms with Crippen molar-refractivity contribution < 1.29 is 0 Å². The van der Waals surface area contributed by atoms with Crippen LogP contribution in [0.15, 0.2) is 15.9 Å². The molecule has 1 aliphatic rings. The van der Waals surface area contributed by atoms with Crippen LogP contribution in [-0.4, -0.2) is 22.3 Å². The molecule has 0 saturated carbocycles. The van der Waals surface area contributed by atoms with Gasteiger partial charge in [0.1, 0.15) is 11.5 Å². The first kappa shape index (κ1) is 10.8. The number of nitrogens with one attached hydrogen (secondary N) is 2. The van der Waals surface area contributed by atoms with Crippen LogP contribution in [0.25, 0.3) is 10.6 Å². The minimum absolute atomic E-state index is 0.0579. The minimum Gasteiger partial charge on any atom is -0.369 e. The molecule has 0 unspecified atom stereocenters. The predicted octanol–water partition coefficient (Wildman–Crippen LogP) is 2.08. The second-order valence-electron chi connectivity index (χ2n) is 3.75. The van der Waals surface area contributed by atoms with Crippen LogP contribution in [-0.2, 0) is 6.42 Å². The molecule has 1 aliphatic heterocycles. The van der Waals surface area contributed by atoms with Gasteiger partial charge in [-0.2, -0.15) is 9.78 Å². The number of nitrogens with zero attached hydrogens (tertiary/aromatic N) is 2. The van der Waals surface area contributed by atoms with Gasteiger partial charge in [-0.3, -0.25) is 5.41 Å². The van der Waals surface area contributed by atoms with E-state index in [0.29, 0.717) is 0 Å². The fraction of sp³-hybridized carbons (Fsp3) is 0.200. The highest BCUT2D eigenvalue weighted by Gasteiger charge is 2.24. The van der Waals surface area contributed by atoms with Crippen LogP contribution in [0.2, 0.25) is 0 Å². The van der Waals surface area contributed by atoms with E-state index in [0.717, 1.165) is 38.7 Å². The van der Waals surface area contributed by atoms with Crippen LogP contribution in [0.1, 0.15) is 5.56 Å². The first-order valence-corrected chi connectivity index (χ1v) is 6.73. The van der Waals surface area contributed by atoms with Gasteiger partial charge in [0.15, 0.2) is 0 Å². The highest BCUT2D eigenvalue weighted by Crippen LogP contribution is 2.37. The Morgan fingerprint density at radius 2 is 2.41 bits per heavy atom. The van der Waals surface area contributed by atoms with Gasteiger partial charge in [0.25, 0.3) is 0 Å². The van der Waals surface area contributed by atoms with Gasteiger partial charge in [0.05, 0.1) is 8.66 Å². The molecule has 2 aromatic rings. The van der Waals surface area contributed by atoms with Crippen molar-refractivity contribution in [3.63, 3.8) is 0 Å². The Kier molecular flexibility index (Phi) is 2.44. The third-order valence-electron chi connectivity index (χ3n) is 2.69. The van der Waals surface area contributed by atoms with Crippen molar-refractivity contribution in [2.24, 2.45) is 5.73 Å². The van der Waals surface area contributed by atoms with Gasteiger partial charge in [0.2, 0.25) is 5.96 Å². The summed E-state index contributed by atoms with van der Waals surface area (Å²) in [5.41, 5.74) is 7.60. The highest BCUT2D eigenvalue weighted by molar-refractivity contribution is 9.11. The molecular formula is C10H10BrN5S. The van der Waals surface area contributed by atoms with Crippen LogP contribution in [0.3, 0.4) is 0 Å². The molecule has 5 nitrogen and oxygen atoms in total. The second-order valence-corrected chi connectivity index (χ2v) is 6.22. The van der Waals surface area contributed by atoms with E-state index in [9.17, 15) is 0 Å². The number of nitrogens with two attached hydrogens (primary N) is 1. The summed E-state index contributed by atoms with van der Waals surface area (Å²) in [4.78, 5) is 1.09. The molecule has 3 rings (SSSR count). The Morgan fingerprint density at radius 1 is 1.59 bits per heavy atom. The van der Waals surface area contributed by atoms with E-state index in [-0.39, 0.29) is 5.96 Å². The Balaban J connectivity index is 2.18. The first-order chi connectivity index (χ1) is 8.16. The third-order valence-corrected chi connectivity index (χ3v) is 4.32. The van der Waals surface area contributed by atoms with Crippen molar-refractivity contribution in [3.05, 3.63) is 21.5 Å². The van der Waals surface area contributed by atoms with Gasteiger partial charge in [-0.15, -0.1) is 11.3 Å². The molecule has 4 N–H and O–H groups in total. The summed E-state index contributed by atoms with van der Waals surface area (Å²) >= 11 is 5.08. The summed E-state index contributed by atoms with van der Waals surface area (Å²) in [5, 5.41) is 15.1. The normalized spacial score (nSPS) is 13.5. The minimum atomic E-state index is -0.0579. The molecule has 0 saturated heterocycles. The zero-order valence-corrected chi connectivity index (χ0v) is 11.2. The topological polar surface area (TPSA) is 79.7 Å². The van der Waals surface area contributed by atoms with Crippen LogP contribution >= 0.6 is 27.3 Å². The number of hydrogen-bond donors (Lipinski definition) is 3. The number of nitrogen functional groups attached to an aromatic ring is 1. The van der Waals surface area contributed by atoms with Gasteiger partial charge >= 0.3 is 0 Å². The molecule has 0 fully saturated rings. The van der Waals surface area contributed by atoms with E-state index in [4.69, 9.17) is 11.1 Å². The van der Waals surface area contributed by atoms with Crippen molar-refractivity contribution >= 4 is 39.0 Å². The zero-order valence-electron chi connectivity index (χ0n) is 8.83. The zero-order chi connectivity index (χ0) is 12.0. The lowest BCUT2D eigenvalue weighted by molar-refractivity contribution is 0.912. The van der Waals surface area contributed by atoms with E-state index in [1.807, 2.05) is 12.1 Å². The van der Waals surface area contributed by atoms with Crippen LogP contribution in [0, 0.1) is 5.41 Å². The number of thiophene rings is 1. The quantitative estimate of drug-likeness (QED) is 0.557. The molecule has 7 heteroatoms. The molecule has 0 aromatic carbocycles. The molecule has 3 heterocycles. The van der Waals surface area contributed by atoms with Crippen molar-refractivity contribution in [2.75, 3.05) is 11.9 Å². The third kappa shape index (κ3) is 1.66. The van der Waals surface area contributed by atoms with Crippen molar-refractivity contribution in [1.82, 2.24) is 9.78 Å². The Hall–Kier alpha value is -1.34. The van der Waals surface area contributed by atoms with Gasteiger partial charge < -0.3 is 11.1 Å². The Morgan fingerprint density at radius 3 is 3.06 bits per heavy atom. The van der Waals surface area contributed by atoms with Crippen LogP contribution in [0.4, 0.5) is 5.82 Å². The monoisotopic (exact) mass is 311 g/mol. The van der Waals surface area contributed by atoms with Gasteiger partial charge in [-0.05, 0) is 34.5 Å². The molecule has 88 valence electrons. The standard InChI is InChI=1S/C10H10BrN5S/c11-7-2-1-6(17-7)8-5-3-4-14-9(5)16(15-8)10(12)13/h1-2,14H,3-4H2,(H3,12,13). The lowest BCUT2D eigenvalue weighted by Gasteiger charge is -2.01. The lowest BCUT2D eigenvalue weighted by Crippen LogP contribution is -2.23. The average Bonchev–Trinajstić information content (AvgIpc) is 2.90. The molecule has 0 bridgehead atoms.